The fourth-order valence-corrected chi connectivity index (χ4v) is 3.84. The second-order valence-electron chi connectivity index (χ2n) is 6.65. The van der Waals surface area contributed by atoms with E-state index in [1.54, 1.807) is 6.20 Å². The van der Waals surface area contributed by atoms with Crippen molar-refractivity contribution in [2.75, 3.05) is 13.2 Å². The second kappa shape index (κ2) is 8.50. The molecule has 0 saturated carbocycles. The summed E-state index contributed by atoms with van der Waals surface area (Å²) in [5, 5.41) is 7.95. The van der Waals surface area contributed by atoms with Crippen LogP contribution in [0.4, 0.5) is 0 Å². The van der Waals surface area contributed by atoms with Crippen molar-refractivity contribution in [1.29, 1.82) is 0 Å². The smallest absolute Gasteiger partial charge is 0.263 e. The monoisotopic (exact) mass is 395 g/mol. The number of hydrogen-bond acceptors (Lipinski definition) is 6. The zero-order valence-corrected chi connectivity index (χ0v) is 16.4. The first-order valence-corrected chi connectivity index (χ1v) is 10.1. The number of aromatic nitrogens is 2. The van der Waals surface area contributed by atoms with Gasteiger partial charge in [-0.2, -0.15) is 0 Å². The van der Waals surface area contributed by atoms with Gasteiger partial charge in [-0.3, -0.25) is 4.79 Å². The number of aryl methyl sites for hydroxylation is 1. The first kappa shape index (κ1) is 18.6. The lowest BCUT2D eigenvalue weighted by Crippen LogP contribution is -2.40. The lowest BCUT2D eigenvalue weighted by atomic mass is 10.1. The van der Waals surface area contributed by atoms with E-state index in [0.29, 0.717) is 11.5 Å². The van der Waals surface area contributed by atoms with Crippen LogP contribution in [0.25, 0.3) is 23.4 Å². The Hall–Kier alpha value is -2.77. The third-order valence-electron chi connectivity index (χ3n) is 4.59. The van der Waals surface area contributed by atoms with Gasteiger partial charge in [0, 0.05) is 17.7 Å². The van der Waals surface area contributed by atoms with Gasteiger partial charge < -0.3 is 14.6 Å². The number of benzene rings is 1. The Morgan fingerprint density at radius 1 is 1.29 bits per heavy atom. The first-order chi connectivity index (χ1) is 13.7. The molecule has 144 valence electrons. The maximum Gasteiger partial charge on any atom is 0.263 e. The Morgan fingerprint density at radius 2 is 2.14 bits per heavy atom. The molecule has 28 heavy (non-hydrogen) atoms. The minimum Gasteiger partial charge on any atom is -0.379 e. The van der Waals surface area contributed by atoms with Crippen molar-refractivity contribution < 1.29 is 14.1 Å². The third-order valence-corrected chi connectivity index (χ3v) is 5.55. The summed E-state index contributed by atoms with van der Waals surface area (Å²) in [6, 6.07) is 9.97. The summed E-state index contributed by atoms with van der Waals surface area (Å²) < 4.78 is 10.8. The van der Waals surface area contributed by atoms with Crippen LogP contribution in [-0.4, -0.2) is 35.3 Å². The molecule has 7 heteroatoms. The SMILES string of the molecule is Cc1onc(-c2ccccc2)c1/C=C/c1ncc(C(=O)N[C@H]2CCCOC2)s1. The highest BCUT2D eigenvalue weighted by atomic mass is 32.1. The molecule has 6 nitrogen and oxygen atoms in total. The van der Waals surface area contributed by atoms with E-state index in [0.717, 1.165) is 47.0 Å². The number of hydrogen-bond donors (Lipinski definition) is 1. The van der Waals surface area contributed by atoms with E-state index in [9.17, 15) is 4.79 Å². The Bertz CT molecular complexity index is 972. The number of ether oxygens (including phenoxy) is 1. The molecule has 1 N–H and O–H groups in total. The number of thiazole rings is 1. The molecule has 1 atom stereocenters. The topological polar surface area (TPSA) is 77.2 Å². The normalized spacial score (nSPS) is 17.1. The van der Waals surface area contributed by atoms with Gasteiger partial charge in [-0.25, -0.2) is 4.98 Å². The molecule has 0 unspecified atom stereocenters. The number of carbonyl (C=O) groups excluding carboxylic acids is 1. The molecule has 0 aliphatic carbocycles. The third kappa shape index (κ3) is 4.21. The van der Waals surface area contributed by atoms with Crippen molar-refractivity contribution in [3.05, 3.63) is 57.7 Å². The molecule has 1 aliphatic rings. The van der Waals surface area contributed by atoms with Crippen molar-refractivity contribution in [3.8, 4) is 11.3 Å². The van der Waals surface area contributed by atoms with Crippen LogP contribution in [-0.2, 0) is 4.74 Å². The van der Waals surface area contributed by atoms with Gasteiger partial charge in [-0.05, 0) is 31.9 Å². The van der Waals surface area contributed by atoms with Crippen molar-refractivity contribution in [3.63, 3.8) is 0 Å². The predicted octanol–water partition coefficient (Wildman–Crippen LogP) is 4.19. The standard InChI is InChI=1S/C21H21N3O3S/c1-14-17(20(24-27-14)15-6-3-2-4-7-15)9-10-19-22-12-18(28-19)21(25)23-16-8-5-11-26-13-16/h2-4,6-7,9-10,12,16H,5,8,11,13H2,1H3,(H,23,25)/b10-9+/t16-/m0/s1. The van der Waals surface area contributed by atoms with E-state index < -0.39 is 0 Å². The van der Waals surface area contributed by atoms with E-state index >= 15 is 0 Å². The average molecular weight is 395 g/mol. The Labute approximate surface area is 167 Å². The summed E-state index contributed by atoms with van der Waals surface area (Å²) in [6.07, 6.45) is 7.36. The molecular weight excluding hydrogens is 374 g/mol. The van der Waals surface area contributed by atoms with Gasteiger partial charge in [-0.15, -0.1) is 11.3 Å². The van der Waals surface area contributed by atoms with Crippen LogP contribution in [0.3, 0.4) is 0 Å². The zero-order valence-electron chi connectivity index (χ0n) is 15.6. The molecule has 3 heterocycles. The maximum atomic E-state index is 12.4. The Kier molecular flexibility index (Phi) is 5.64. The fourth-order valence-electron chi connectivity index (χ4n) is 3.12. The van der Waals surface area contributed by atoms with E-state index in [1.165, 1.54) is 11.3 Å². The molecule has 1 aromatic carbocycles. The summed E-state index contributed by atoms with van der Waals surface area (Å²) in [5.41, 5.74) is 2.70. The van der Waals surface area contributed by atoms with Crippen molar-refractivity contribution in [2.24, 2.45) is 0 Å². The lowest BCUT2D eigenvalue weighted by molar-refractivity contribution is 0.0626. The van der Waals surface area contributed by atoms with Crippen LogP contribution in [0.15, 0.2) is 41.1 Å². The van der Waals surface area contributed by atoms with Gasteiger partial charge in [0.15, 0.2) is 0 Å². The summed E-state index contributed by atoms with van der Waals surface area (Å²) >= 11 is 1.36. The van der Waals surface area contributed by atoms with Crippen molar-refractivity contribution >= 4 is 29.4 Å². The van der Waals surface area contributed by atoms with Crippen molar-refractivity contribution in [1.82, 2.24) is 15.5 Å². The molecule has 1 amide bonds. The number of carbonyl (C=O) groups is 1. The average Bonchev–Trinajstić information content (AvgIpc) is 3.34. The highest BCUT2D eigenvalue weighted by Crippen LogP contribution is 2.27. The highest BCUT2D eigenvalue weighted by Gasteiger charge is 2.18. The number of amides is 1. The van der Waals surface area contributed by atoms with E-state index in [1.807, 2.05) is 49.4 Å². The molecule has 1 fully saturated rings. The van der Waals surface area contributed by atoms with Gasteiger partial charge in [0.05, 0.1) is 18.8 Å². The lowest BCUT2D eigenvalue weighted by Gasteiger charge is -2.22. The Morgan fingerprint density at radius 3 is 2.93 bits per heavy atom. The Balaban J connectivity index is 1.48. The molecule has 2 aromatic heterocycles. The quantitative estimate of drug-likeness (QED) is 0.701. The van der Waals surface area contributed by atoms with Crippen LogP contribution >= 0.6 is 11.3 Å². The second-order valence-corrected chi connectivity index (χ2v) is 7.71. The summed E-state index contributed by atoms with van der Waals surface area (Å²) in [5.74, 6) is 0.640. The van der Waals surface area contributed by atoms with Gasteiger partial charge in [-0.1, -0.05) is 35.5 Å². The maximum absolute atomic E-state index is 12.4. The van der Waals surface area contributed by atoms with Crippen LogP contribution in [0, 0.1) is 6.92 Å². The van der Waals surface area contributed by atoms with Crippen molar-refractivity contribution in [2.45, 2.75) is 25.8 Å². The largest absolute Gasteiger partial charge is 0.379 e. The summed E-state index contributed by atoms with van der Waals surface area (Å²) in [6.45, 7) is 3.23. The highest BCUT2D eigenvalue weighted by molar-refractivity contribution is 7.14. The molecule has 1 saturated heterocycles. The fraction of sp³-hybridized carbons (Fsp3) is 0.286. The van der Waals surface area contributed by atoms with Crippen LogP contribution < -0.4 is 5.32 Å². The predicted molar refractivity (Wildman–Crippen MR) is 109 cm³/mol. The number of nitrogens with zero attached hydrogens (tertiary/aromatic N) is 2. The van der Waals surface area contributed by atoms with Crippen LogP contribution in [0.1, 0.15) is 38.8 Å². The molecule has 0 radical (unpaired) electrons. The number of rotatable bonds is 5. The zero-order chi connectivity index (χ0) is 19.3. The molecule has 4 rings (SSSR count). The van der Waals surface area contributed by atoms with Crippen LogP contribution in [0.2, 0.25) is 0 Å². The van der Waals surface area contributed by atoms with Gasteiger partial charge >= 0.3 is 0 Å². The first-order valence-electron chi connectivity index (χ1n) is 9.25. The van der Waals surface area contributed by atoms with Gasteiger partial charge in [0.2, 0.25) is 0 Å². The molecule has 1 aliphatic heterocycles. The molecular formula is C21H21N3O3S. The minimum atomic E-state index is -0.0983. The van der Waals surface area contributed by atoms with E-state index in [-0.39, 0.29) is 11.9 Å². The number of nitrogens with one attached hydrogen (secondary N) is 1. The van der Waals surface area contributed by atoms with E-state index in [2.05, 4.69) is 15.5 Å². The van der Waals surface area contributed by atoms with Gasteiger partial charge in [0.25, 0.3) is 5.91 Å². The van der Waals surface area contributed by atoms with Crippen LogP contribution in [0.5, 0.6) is 0 Å². The van der Waals surface area contributed by atoms with E-state index in [4.69, 9.17) is 9.26 Å². The minimum absolute atomic E-state index is 0.0791. The molecule has 0 bridgehead atoms. The molecule has 0 spiro atoms. The summed E-state index contributed by atoms with van der Waals surface area (Å²) in [7, 11) is 0. The van der Waals surface area contributed by atoms with Gasteiger partial charge in [0.1, 0.15) is 21.3 Å². The molecule has 3 aromatic rings. The summed E-state index contributed by atoms with van der Waals surface area (Å²) in [4.78, 5) is 17.4.